The summed E-state index contributed by atoms with van der Waals surface area (Å²) in [5, 5.41) is 3.72. The van der Waals surface area contributed by atoms with Crippen molar-refractivity contribution in [2.75, 3.05) is 12.4 Å². The summed E-state index contributed by atoms with van der Waals surface area (Å²) in [6.07, 6.45) is 0.754. The molecule has 4 nitrogen and oxygen atoms in total. The number of ether oxygens (including phenoxy) is 1. The minimum Gasteiger partial charge on any atom is -0.438 e. The highest BCUT2D eigenvalue weighted by atomic mass is 35.5. The molecule has 1 aromatic heterocycles. The van der Waals surface area contributed by atoms with E-state index in [1.165, 1.54) is 0 Å². The van der Waals surface area contributed by atoms with Crippen LogP contribution >= 0.6 is 11.6 Å². The number of halogens is 1. The summed E-state index contributed by atoms with van der Waals surface area (Å²) < 4.78 is 5.93. The zero-order chi connectivity index (χ0) is 14.7. The first-order valence-corrected chi connectivity index (χ1v) is 6.91. The highest BCUT2D eigenvalue weighted by Crippen LogP contribution is 2.31. The van der Waals surface area contributed by atoms with Gasteiger partial charge in [-0.15, -0.1) is 0 Å². The number of hydrogen-bond acceptors (Lipinski definition) is 4. The van der Waals surface area contributed by atoms with E-state index in [0.29, 0.717) is 10.9 Å². The van der Waals surface area contributed by atoms with Crippen molar-refractivity contribution in [3.05, 3.63) is 40.2 Å². The van der Waals surface area contributed by atoms with Crippen molar-refractivity contribution in [1.82, 2.24) is 9.97 Å². The molecule has 1 heterocycles. The van der Waals surface area contributed by atoms with Crippen molar-refractivity contribution in [2.24, 2.45) is 0 Å². The van der Waals surface area contributed by atoms with E-state index >= 15 is 0 Å². The Morgan fingerprint density at radius 3 is 2.35 bits per heavy atom. The first kappa shape index (κ1) is 14.6. The Bertz CT molecular complexity index is 583. The van der Waals surface area contributed by atoms with Gasteiger partial charge in [-0.25, -0.2) is 4.98 Å². The second-order valence-electron chi connectivity index (χ2n) is 4.58. The third-order valence-corrected chi connectivity index (χ3v) is 3.17. The lowest BCUT2D eigenvalue weighted by molar-refractivity contribution is 0.452. The molecule has 0 bridgehead atoms. The number of nitrogens with zero attached hydrogens (tertiary/aromatic N) is 2. The lowest BCUT2D eigenvalue weighted by atomic mass is 10.1. The molecule has 2 rings (SSSR count). The summed E-state index contributed by atoms with van der Waals surface area (Å²) in [7, 11) is 1.82. The van der Waals surface area contributed by atoms with Crippen LogP contribution in [0.4, 0.5) is 5.82 Å². The number of aryl methyl sites for hydroxylation is 3. The first-order valence-electron chi connectivity index (χ1n) is 6.53. The Labute approximate surface area is 124 Å². The molecule has 2 aromatic rings. The topological polar surface area (TPSA) is 47.0 Å². The van der Waals surface area contributed by atoms with Crippen LogP contribution in [0.2, 0.25) is 5.02 Å². The van der Waals surface area contributed by atoms with Gasteiger partial charge in [0.15, 0.2) is 0 Å². The van der Waals surface area contributed by atoms with Crippen molar-refractivity contribution < 1.29 is 4.74 Å². The number of aromatic nitrogens is 2. The Hall–Kier alpha value is -1.81. The van der Waals surface area contributed by atoms with Crippen LogP contribution in [0.1, 0.15) is 23.9 Å². The molecule has 0 aliphatic heterocycles. The number of anilines is 1. The molecular formula is C15H18ClN3O. The van der Waals surface area contributed by atoms with E-state index in [4.69, 9.17) is 16.3 Å². The lowest BCUT2D eigenvalue weighted by Gasteiger charge is -2.13. The third kappa shape index (κ3) is 3.20. The summed E-state index contributed by atoms with van der Waals surface area (Å²) >= 11 is 6.03. The van der Waals surface area contributed by atoms with Crippen molar-refractivity contribution in [3.8, 4) is 11.6 Å². The molecule has 1 N–H and O–H groups in total. The van der Waals surface area contributed by atoms with Gasteiger partial charge >= 0.3 is 0 Å². The minimum absolute atomic E-state index is 0.537. The van der Waals surface area contributed by atoms with Gasteiger partial charge < -0.3 is 10.1 Å². The van der Waals surface area contributed by atoms with E-state index in [-0.39, 0.29) is 0 Å². The molecule has 0 saturated carbocycles. The van der Waals surface area contributed by atoms with Gasteiger partial charge in [0.2, 0.25) is 5.88 Å². The van der Waals surface area contributed by atoms with Crippen molar-refractivity contribution in [3.63, 3.8) is 0 Å². The predicted molar refractivity (Wildman–Crippen MR) is 82.0 cm³/mol. The van der Waals surface area contributed by atoms with Gasteiger partial charge in [-0.05, 0) is 37.1 Å². The zero-order valence-corrected chi connectivity index (χ0v) is 12.9. The van der Waals surface area contributed by atoms with Crippen LogP contribution < -0.4 is 10.1 Å². The molecule has 0 unspecified atom stereocenters. The fourth-order valence-electron chi connectivity index (χ4n) is 1.97. The molecule has 0 fully saturated rings. The van der Waals surface area contributed by atoms with Crippen LogP contribution in [-0.2, 0) is 6.42 Å². The fourth-order valence-corrected chi connectivity index (χ4v) is 2.30. The number of benzene rings is 1. The predicted octanol–water partition coefficient (Wildman–Crippen LogP) is 4.14. The number of rotatable bonds is 4. The Morgan fingerprint density at radius 2 is 1.80 bits per heavy atom. The van der Waals surface area contributed by atoms with E-state index in [0.717, 1.165) is 34.9 Å². The van der Waals surface area contributed by atoms with E-state index in [9.17, 15) is 0 Å². The van der Waals surface area contributed by atoms with Crippen LogP contribution in [0.25, 0.3) is 0 Å². The Balaban J connectivity index is 2.39. The highest BCUT2D eigenvalue weighted by molar-refractivity contribution is 6.30. The van der Waals surface area contributed by atoms with Crippen LogP contribution in [-0.4, -0.2) is 17.0 Å². The lowest BCUT2D eigenvalue weighted by Crippen LogP contribution is -2.02. The van der Waals surface area contributed by atoms with Crippen molar-refractivity contribution in [2.45, 2.75) is 27.2 Å². The molecule has 0 spiro atoms. The average Bonchev–Trinajstić information content (AvgIpc) is 2.42. The molecule has 0 atom stereocenters. The SMILES string of the molecule is CCc1nc(NC)cc(Oc2c(C)cc(Cl)cc2C)n1. The molecular weight excluding hydrogens is 274 g/mol. The second-order valence-corrected chi connectivity index (χ2v) is 5.02. The van der Waals surface area contributed by atoms with Gasteiger partial charge in [0, 0.05) is 24.6 Å². The molecule has 0 radical (unpaired) electrons. The molecule has 106 valence electrons. The van der Waals surface area contributed by atoms with Gasteiger partial charge in [0.05, 0.1) is 0 Å². The average molecular weight is 292 g/mol. The van der Waals surface area contributed by atoms with Crippen LogP contribution in [0, 0.1) is 13.8 Å². The maximum absolute atomic E-state index is 6.03. The highest BCUT2D eigenvalue weighted by Gasteiger charge is 2.10. The molecule has 0 aliphatic rings. The van der Waals surface area contributed by atoms with E-state index < -0.39 is 0 Å². The molecule has 20 heavy (non-hydrogen) atoms. The molecule has 0 aliphatic carbocycles. The van der Waals surface area contributed by atoms with Gasteiger partial charge in [-0.2, -0.15) is 4.98 Å². The summed E-state index contributed by atoms with van der Waals surface area (Å²) in [5.74, 6) is 2.82. The van der Waals surface area contributed by atoms with Crippen LogP contribution in [0.3, 0.4) is 0 Å². The third-order valence-electron chi connectivity index (χ3n) is 2.95. The second kappa shape index (κ2) is 6.09. The Morgan fingerprint density at radius 1 is 1.15 bits per heavy atom. The first-order chi connectivity index (χ1) is 9.53. The van der Waals surface area contributed by atoms with E-state index in [1.54, 1.807) is 6.07 Å². The Kier molecular flexibility index (Phi) is 4.45. The van der Waals surface area contributed by atoms with Crippen LogP contribution in [0.15, 0.2) is 18.2 Å². The molecule has 0 amide bonds. The summed E-state index contributed by atoms with van der Waals surface area (Å²) in [6, 6.07) is 5.54. The van der Waals surface area contributed by atoms with Crippen molar-refractivity contribution in [1.29, 1.82) is 0 Å². The number of nitrogens with one attached hydrogen (secondary N) is 1. The maximum Gasteiger partial charge on any atom is 0.224 e. The van der Waals surface area contributed by atoms with E-state index in [1.807, 2.05) is 40.0 Å². The standard InChI is InChI=1S/C15H18ClN3O/c1-5-12-18-13(17-4)8-14(19-12)20-15-9(2)6-11(16)7-10(15)3/h6-8H,5H2,1-4H3,(H,17,18,19). The molecule has 5 heteroatoms. The summed E-state index contributed by atoms with van der Waals surface area (Å²) in [6.45, 7) is 5.95. The zero-order valence-electron chi connectivity index (χ0n) is 12.1. The quantitative estimate of drug-likeness (QED) is 0.919. The van der Waals surface area contributed by atoms with Crippen LogP contribution in [0.5, 0.6) is 11.6 Å². The fraction of sp³-hybridized carbons (Fsp3) is 0.333. The minimum atomic E-state index is 0.537. The monoisotopic (exact) mass is 291 g/mol. The maximum atomic E-state index is 6.03. The normalized spacial score (nSPS) is 10.4. The largest absolute Gasteiger partial charge is 0.438 e. The van der Waals surface area contributed by atoms with Gasteiger partial charge in [-0.1, -0.05) is 18.5 Å². The molecule has 1 aromatic carbocycles. The van der Waals surface area contributed by atoms with E-state index in [2.05, 4.69) is 15.3 Å². The summed E-state index contributed by atoms with van der Waals surface area (Å²) in [5.41, 5.74) is 1.97. The summed E-state index contributed by atoms with van der Waals surface area (Å²) in [4.78, 5) is 8.74. The van der Waals surface area contributed by atoms with Crippen molar-refractivity contribution >= 4 is 17.4 Å². The van der Waals surface area contributed by atoms with Gasteiger partial charge in [-0.3, -0.25) is 0 Å². The van der Waals surface area contributed by atoms with Gasteiger partial charge in [0.1, 0.15) is 17.4 Å². The molecule has 0 saturated heterocycles. The smallest absolute Gasteiger partial charge is 0.224 e. The number of hydrogen-bond donors (Lipinski definition) is 1. The van der Waals surface area contributed by atoms with Gasteiger partial charge in [0.25, 0.3) is 0 Å².